The highest BCUT2D eigenvalue weighted by Gasteiger charge is 2.29. The maximum absolute atomic E-state index is 12.3. The average molecular weight is 394 g/mol. The van der Waals surface area contributed by atoms with Crippen molar-refractivity contribution < 1.29 is 14.4 Å². The van der Waals surface area contributed by atoms with Crippen LogP contribution in [-0.2, 0) is 14.4 Å². The quantitative estimate of drug-likeness (QED) is 0.671. The van der Waals surface area contributed by atoms with Crippen LogP contribution >= 0.6 is 0 Å². The Morgan fingerprint density at radius 1 is 1.00 bits per heavy atom. The number of amides is 3. The van der Waals surface area contributed by atoms with Gasteiger partial charge < -0.3 is 20.9 Å². The number of nitrogens with zero attached hydrogens (tertiary/aromatic N) is 1. The van der Waals surface area contributed by atoms with Crippen LogP contribution in [0.2, 0.25) is 0 Å². The van der Waals surface area contributed by atoms with Gasteiger partial charge in [-0.05, 0) is 61.7 Å². The van der Waals surface area contributed by atoms with Gasteiger partial charge in [0.25, 0.3) is 0 Å². The first-order chi connectivity index (χ1) is 13.8. The largest absolute Gasteiger partial charge is 0.376 e. The molecule has 0 unspecified atom stereocenters. The third-order valence-corrected chi connectivity index (χ3v) is 4.99. The second-order valence-electron chi connectivity index (χ2n) is 7.27. The zero-order chi connectivity index (χ0) is 21.0. The summed E-state index contributed by atoms with van der Waals surface area (Å²) in [6, 6.07) is 12.7. The molecule has 0 radical (unpaired) electrons. The van der Waals surface area contributed by atoms with Gasteiger partial charge in [0.15, 0.2) is 0 Å². The number of rotatable bonds is 7. The molecule has 3 rings (SSSR count). The molecule has 2 aromatic carbocycles. The Balaban J connectivity index is 1.55. The van der Waals surface area contributed by atoms with Crippen molar-refractivity contribution in [3.05, 3.63) is 48.0 Å². The Morgan fingerprint density at radius 3 is 2.28 bits per heavy atom. The number of hydrogen-bond donors (Lipinski definition) is 3. The monoisotopic (exact) mass is 394 g/mol. The molecule has 1 aliphatic carbocycles. The first-order valence-electron chi connectivity index (χ1n) is 9.63. The molecule has 1 saturated carbocycles. The maximum Gasteiger partial charge on any atom is 0.243 e. The normalized spacial score (nSPS) is 12.8. The van der Waals surface area contributed by atoms with E-state index in [0.29, 0.717) is 5.69 Å². The van der Waals surface area contributed by atoms with Gasteiger partial charge in [0, 0.05) is 42.6 Å². The fourth-order valence-electron chi connectivity index (χ4n) is 2.87. The minimum absolute atomic E-state index is 0.0573. The van der Waals surface area contributed by atoms with Crippen LogP contribution in [0.1, 0.15) is 25.3 Å². The van der Waals surface area contributed by atoms with E-state index in [9.17, 15) is 14.4 Å². The summed E-state index contributed by atoms with van der Waals surface area (Å²) in [4.78, 5) is 37.2. The van der Waals surface area contributed by atoms with Crippen molar-refractivity contribution in [1.29, 1.82) is 0 Å². The molecule has 0 spiro atoms. The number of nitrogens with one attached hydrogen (secondary N) is 3. The lowest BCUT2D eigenvalue weighted by atomic mass is 10.1. The number of carbonyl (C=O) groups excluding carboxylic acids is 3. The SMILES string of the molecule is CC(=O)N(C)c1ccc(NC(=O)CNc2cccc(NC(=O)C3CC3)c2C)cc1. The van der Waals surface area contributed by atoms with Crippen molar-refractivity contribution in [3.63, 3.8) is 0 Å². The maximum atomic E-state index is 12.3. The summed E-state index contributed by atoms with van der Waals surface area (Å²) in [6.07, 6.45) is 1.91. The van der Waals surface area contributed by atoms with Crippen LogP contribution in [0.4, 0.5) is 22.7 Å². The Kier molecular flexibility index (Phi) is 6.16. The van der Waals surface area contributed by atoms with Crippen LogP contribution in [0.3, 0.4) is 0 Å². The summed E-state index contributed by atoms with van der Waals surface area (Å²) in [6.45, 7) is 3.50. The van der Waals surface area contributed by atoms with Crippen molar-refractivity contribution in [3.8, 4) is 0 Å². The third kappa shape index (κ3) is 5.34. The van der Waals surface area contributed by atoms with E-state index in [2.05, 4.69) is 16.0 Å². The fraction of sp³-hybridized carbons (Fsp3) is 0.318. The van der Waals surface area contributed by atoms with Crippen LogP contribution in [0.5, 0.6) is 0 Å². The van der Waals surface area contributed by atoms with Crippen LogP contribution < -0.4 is 20.9 Å². The van der Waals surface area contributed by atoms with E-state index in [4.69, 9.17) is 0 Å². The van der Waals surface area contributed by atoms with Crippen molar-refractivity contribution in [1.82, 2.24) is 0 Å². The fourth-order valence-corrected chi connectivity index (χ4v) is 2.87. The average Bonchev–Trinajstić information content (AvgIpc) is 3.54. The van der Waals surface area contributed by atoms with Crippen LogP contribution in [0, 0.1) is 12.8 Å². The smallest absolute Gasteiger partial charge is 0.243 e. The molecule has 0 aromatic heterocycles. The van der Waals surface area contributed by atoms with E-state index in [0.717, 1.165) is 35.5 Å². The zero-order valence-electron chi connectivity index (χ0n) is 16.9. The topological polar surface area (TPSA) is 90.5 Å². The van der Waals surface area contributed by atoms with Gasteiger partial charge in [0.2, 0.25) is 17.7 Å². The molecule has 7 heteroatoms. The number of anilines is 4. The standard InChI is InChI=1S/C22H26N4O3/c1-14-19(5-4-6-20(14)25-22(29)16-7-8-16)23-13-21(28)24-17-9-11-18(12-10-17)26(3)15(2)27/h4-6,9-12,16,23H,7-8,13H2,1-3H3,(H,24,28)(H,25,29). The number of carbonyl (C=O) groups is 3. The van der Waals surface area contributed by atoms with E-state index >= 15 is 0 Å². The van der Waals surface area contributed by atoms with Crippen LogP contribution in [-0.4, -0.2) is 31.3 Å². The van der Waals surface area contributed by atoms with E-state index in [1.807, 2.05) is 25.1 Å². The van der Waals surface area contributed by atoms with E-state index in [-0.39, 0.29) is 30.2 Å². The predicted octanol–water partition coefficient (Wildman–Crippen LogP) is 3.38. The summed E-state index contributed by atoms with van der Waals surface area (Å²) in [5, 5.41) is 8.90. The van der Waals surface area contributed by atoms with Gasteiger partial charge in [0.1, 0.15) is 0 Å². The molecule has 2 aromatic rings. The van der Waals surface area contributed by atoms with Gasteiger partial charge in [0.05, 0.1) is 6.54 Å². The molecule has 0 heterocycles. The molecular formula is C22H26N4O3. The van der Waals surface area contributed by atoms with E-state index in [1.165, 1.54) is 11.8 Å². The Labute approximate surface area is 170 Å². The van der Waals surface area contributed by atoms with Crippen molar-refractivity contribution in [2.45, 2.75) is 26.7 Å². The van der Waals surface area contributed by atoms with Gasteiger partial charge in [-0.2, -0.15) is 0 Å². The van der Waals surface area contributed by atoms with Gasteiger partial charge in [-0.25, -0.2) is 0 Å². The predicted molar refractivity (Wildman–Crippen MR) is 115 cm³/mol. The highest BCUT2D eigenvalue weighted by atomic mass is 16.2. The molecule has 0 atom stereocenters. The lowest BCUT2D eigenvalue weighted by Crippen LogP contribution is -2.23. The molecule has 152 valence electrons. The van der Waals surface area contributed by atoms with Crippen molar-refractivity contribution >= 4 is 40.5 Å². The van der Waals surface area contributed by atoms with Gasteiger partial charge in [-0.15, -0.1) is 0 Å². The van der Waals surface area contributed by atoms with Gasteiger partial charge in [-0.1, -0.05) is 6.07 Å². The summed E-state index contributed by atoms with van der Waals surface area (Å²) < 4.78 is 0. The molecule has 3 N–H and O–H groups in total. The molecular weight excluding hydrogens is 368 g/mol. The molecule has 3 amide bonds. The Morgan fingerprint density at radius 2 is 1.66 bits per heavy atom. The van der Waals surface area contributed by atoms with Crippen molar-refractivity contribution in [2.24, 2.45) is 5.92 Å². The molecule has 0 bridgehead atoms. The Hall–Kier alpha value is -3.35. The lowest BCUT2D eigenvalue weighted by molar-refractivity contribution is -0.117. The lowest BCUT2D eigenvalue weighted by Gasteiger charge is -2.16. The third-order valence-electron chi connectivity index (χ3n) is 4.99. The molecule has 0 aliphatic heterocycles. The molecule has 29 heavy (non-hydrogen) atoms. The van der Waals surface area contributed by atoms with Gasteiger partial charge in [-0.3, -0.25) is 14.4 Å². The molecule has 0 saturated heterocycles. The minimum Gasteiger partial charge on any atom is -0.376 e. The zero-order valence-corrected chi connectivity index (χ0v) is 16.9. The second kappa shape index (κ2) is 8.77. The summed E-state index contributed by atoms with van der Waals surface area (Å²) >= 11 is 0. The summed E-state index contributed by atoms with van der Waals surface area (Å²) in [5.41, 5.74) is 3.87. The van der Waals surface area contributed by atoms with Crippen molar-refractivity contribution in [2.75, 3.05) is 34.4 Å². The van der Waals surface area contributed by atoms with E-state index in [1.54, 1.807) is 31.3 Å². The number of hydrogen-bond acceptors (Lipinski definition) is 4. The number of benzene rings is 2. The second-order valence-corrected chi connectivity index (χ2v) is 7.27. The molecule has 1 fully saturated rings. The first kappa shape index (κ1) is 20.4. The summed E-state index contributed by atoms with van der Waals surface area (Å²) in [7, 11) is 1.70. The van der Waals surface area contributed by atoms with E-state index < -0.39 is 0 Å². The van der Waals surface area contributed by atoms with Crippen LogP contribution in [0.25, 0.3) is 0 Å². The highest BCUT2D eigenvalue weighted by molar-refractivity contribution is 5.97. The van der Waals surface area contributed by atoms with Crippen LogP contribution in [0.15, 0.2) is 42.5 Å². The minimum atomic E-state index is -0.190. The molecule has 7 nitrogen and oxygen atoms in total. The Bertz CT molecular complexity index is 920. The first-order valence-corrected chi connectivity index (χ1v) is 9.63. The molecule has 1 aliphatic rings. The highest BCUT2D eigenvalue weighted by Crippen LogP contribution is 2.31. The summed E-state index contributed by atoms with van der Waals surface area (Å²) in [5.74, 6) is -0.0540. The van der Waals surface area contributed by atoms with Gasteiger partial charge >= 0.3 is 0 Å².